The molecule has 1 aromatic carbocycles. The average Bonchev–Trinajstić information content (AvgIpc) is 2.57. The molecule has 1 nitrogen and oxygen atoms in total. The minimum absolute atomic E-state index is 0.500. The van der Waals surface area contributed by atoms with Crippen LogP contribution in [0, 0.1) is 5.41 Å². The second-order valence-corrected chi connectivity index (χ2v) is 6.68. The summed E-state index contributed by atoms with van der Waals surface area (Å²) < 4.78 is 1.35. The van der Waals surface area contributed by atoms with Crippen LogP contribution >= 0.6 is 11.3 Å². The highest BCUT2D eigenvalue weighted by atomic mass is 32.1. The van der Waals surface area contributed by atoms with Crippen LogP contribution < -0.4 is 0 Å². The molecule has 3 aliphatic carbocycles. The first-order valence-corrected chi connectivity index (χ1v) is 6.93. The highest BCUT2D eigenvalue weighted by Crippen LogP contribution is 2.75. The molecule has 82 valence electrons. The van der Waals surface area contributed by atoms with E-state index in [2.05, 4.69) is 31.2 Å². The second kappa shape index (κ2) is 2.67. The third kappa shape index (κ3) is 0.945. The van der Waals surface area contributed by atoms with E-state index in [1.807, 2.05) is 11.3 Å². The number of rotatable bonds is 2. The normalized spacial score (nSPS) is 35.8. The summed E-state index contributed by atoms with van der Waals surface area (Å²) in [6, 6.07) is 8.52. The zero-order chi connectivity index (χ0) is 10.8. The van der Waals surface area contributed by atoms with Crippen LogP contribution in [0.5, 0.6) is 0 Å². The van der Waals surface area contributed by atoms with Crippen molar-refractivity contribution in [3.05, 3.63) is 29.3 Å². The maximum absolute atomic E-state index is 4.83. The quantitative estimate of drug-likeness (QED) is 0.754. The molecule has 0 unspecified atom stereocenters. The lowest BCUT2D eigenvalue weighted by atomic mass is 9.34. The van der Waals surface area contributed by atoms with Crippen molar-refractivity contribution in [1.29, 1.82) is 0 Å². The van der Waals surface area contributed by atoms with Crippen molar-refractivity contribution in [2.45, 2.75) is 38.0 Å². The predicted octanol–water partition coefficient (Wildman–Crippen LogP) is 4.13. The highest BCUT2D eigenvalue weighted by molar-refractivity contribution is 7.18. The number of benzene rings is 1. The molecule has 2 aromatic rings. The van der Waals surface area contributed by atoms with Gasteiger partial charge >= 0.3 is 0 Å². The second-order valence-electron chi connectivity index (χ2n) is 5.65. The summed E-state index contributed by atoms with van der Waals surface area (Å²) in [5.41, 5.74) is 2.41. The Morgan fingerprint density at radius 2 is 2.00 bits per heavy atom. The Hall–Kier alpha value is -0.890. The summed E-state index contributed by atoms with van der Waals surface area (Å²) in [6.07, 6.45) is 5.56. The number of aromatic nitrogens is 1. The van der Waals surface area contributed by atoms with Crippen molar-refractivity contribution < 1.29 is 0 Å². The molecule has 2 bridgehead atoms. The van der Waals surface area contributed by atoms with Gasteiger partial charge in [-0.3, -0.25) is 0 Å². The van der Waals surface area contributed by atoms with E-state index in [1.165, 1.54) is 40.9 Å². The van der Waals surface area contributed by atoms with Gasteiger partial charge in [-0.15, -0.1) is 11.3 Å². The molecule has 0 radical (unpaired) electrons. The molecule has 0 saturated heterocycles. The summed E-state index contributed by atoms with van der Waals surface area (Å²) in [4.78, 5) is 4.83. The standard InChI is InChI=1S/C14H15NS/c1-2-13-7-14(8-13,9-13)12-15-10-5-3-4-6-11(10)16-12/h3-6H,2,7-9H2,1H3. The van der Waals surface area contributed by atoms with E-state index < -0.39 is 0 Å². The summed E-state index contributed by atoms with van der Waals surface area (Å²) in [5, 5.41) is 1.41. The molecular formula is C14H15NS. The number of nitrogens with zero attached hydrogens (tertiary/aromatic N) is 1. The summed E-state index contributed by atoms with van der Waals surface area (Å²) >= 11 is 1.92. The van der Waals surface area contributed by atoms with Crippen molar-refractivity contribution in [2.24, 2.45) is 5.41 Å². The number of para-hydroxylation sites is 1. The smallest absolute Gasteiger partial charge is 0.100 e. The molecule has 3 saturated carbocycles. The first kappa shape index (κ1) is 9.17. The van der Waals surface area contributed by atoms with Crippen LogP contribution in [0.2, 0.25) is 0 Å². The van der Waals surface area contributed by atoms with E-state index in [0.717, 1.165) is 5.41 Å². The molecule has 0 N–H and O–H groups in total. The van der Waals surface area contributed by atoms with Crippen molar-refractivity contribution in [3.8, 4) is 0 Å². The van der Waals surface area contributed by atoms with Crippen molar-refractivity contribution in [3.63, 3.8) is 0 Å². The molecule has 16 heavy (non-hydrogen) atoms. The van der Waals surface area contributed by atoms with Crippen LogP contribution in [0.25, 0.3) is 10.2 Å². The fourth-order valence-electron chi connectivity index (χ4n) is 3.70. The van der Waals surface area contributed by atoms with Crippen LogP contribution in [0.15, 0.2) is 24.3 Å². The third-order valence-corrected chi connectivity index (χ3v) is 5.92. The molecule has 2 heteroatoms. The summed E-state index contributed by atoms with van der Waals surface area (Å²) in [7, 11) is 0. The zero-order valence-electron chi connectivity index (χ0n) is 9.49. The van der Waals surface area contributed by atoms with Crippen LogP contribution in [0.3, 0.4) is 0 Å². The molecule has 3 fully saturated rings. The van der Waals surface area contributed by atoms with E-state index in [1.54, 1.807) is 0 Å². The Morgan fingerprint density at radius 3 is 2.69 bits per heavy atom. The Morgan fingerprint density at radius 1 is 1.25 bits per heavy atom. The van der Waals surface area contributed by atoms with Gasteiger partial charge in [-0.1, -0.05) is 25.5 Å². The van der Waals surface area contributed by atoms with Gasteiger partial charge in [-0.25, -0.2) is 4.98 Å². The Balaban J connectivity index is 1.74. The van der Waals surface area contributed by atoms with Crippen LogP contribution in [-0.2, 0) is 5.41 Å². The number of thiazole rings is 1. The SMILES string of the molecule is CCC12CC(c3nc4ccccc4s3)(C1)C2. The van der Waals surface area contributed by atoms with Gasteiger partial charge in [0, 0.05) is 5.41 Å². The number of hydrogen-bond donors (Lipinski definition) is 0. The van der Waals surface area contributed by atoms with E-state index >= 15 is 0 Å². The van der Waals surface area contributed by atoms with Gasteiger partial charge in [0.25, 0.3) is 0 Å². The zero-order valence-corrected chi connectivity index (χ0v) is 10.3. The first-order valence-electron chi connectivity index (χ1n) is 6.11. The minimum atomic E-state index is 0.500. The molecular weight excluding hydrogens is 214 g/mol. The van der Waals surface area contributed by atoms with Crippen LogP contribution in [0.4, 0.5) is 0 Å². The average molecular weight is 229 g/mol. The summed E-state index contributed by atoms with van der Waals surface area (Å²) in [6.45, 7) is 2.33. The highest BCUT2D eigenvalue weighted by Gasteiger charge is 2.68. The summed E-state index contributed by atoms with van der Waals surface area (Å²) in [5.74, 6) is 0. The number of fused-ring (bicyclic) bond motifs is 1. The van der Waals surface area contributed by atoms with Crippen molar-refractivity contribution in [2.75, 3.05) is 0 Å². The monoisotopic (exact) mass is 229 g/mol. The lowest BCUT2D eigenvalue weighted by Gasteiger charge is -2.70. The lowest BCUT2D eigenvalue weighted by molar-refractivity contribution is -0.143. The molecule has 1 heterocycles. The van der Waals surface area contributed by atoms with Crippen molar-refractivity contribution >= 4 is 21.6 Å². The van der Waals surface area contributed by atoms with Crippen LogP contribution in [0.1, 0.15) is 37.6 Å². The fraction of sp³-hybridized carbons (Fsp3) is 0.500. The fourth-order valence-corrected chi connectivity index (χ4v) is 4.85. The van der Waals surface area contributed by atoms with E-state index in [0.29, 0.717) is 5.41 Å². The maximum Gasteiger partial charge on any atom is 0.100 e. The maximum atomic E-state index is 4.83. The van der Waals surface area contributed by atoms with Crippen LogP contribution in [-0.4, -0.2) is 4.98 Å². The van der Waals surface area contributed by atoms with E-state index in [4.69, 9.17) is 4.98 Å². The molecule has 5 rings (SSSR count). The van der Waals surface area contributed by atoms with Crippen molar-refractivity contribution in [1.82, 2.24) is 4.98 Å². The largest absolute Gasteiger partial charge is 0.241 e. The van der Waals surface area contributed by atoms with Gasteiger partial charge in [0.05, 0.1) is 10.2 Å². The first-order chi connectivity index (χ1) is 7.75. The van der Waals surface area contributed by atoms with Gasteiger partial charge in [0.15, 0.2) is 0 Å². The van der Waals surface area contributed by atoms with Gasteiger partial charge in [-0.2, -0.15) is 0 Å². The predicted molar refractivity (Wildman–Crippen MR) is 67.9 cm³/mol. The Labute approximate surface area is 99.5 Å². The molecule has 0 spiro atoms. The van der Waals surface area contributed by atoms with Gasteiger partial charge in [-0.05, 0) is 36.8 Å². The lowest BCUT2D eigenvalue weighted by Crippen LogP contribution is -2.64. The Kier molecular flexibility index (Phi) is 1.53. The van der Waals surface area contributed by atoms with Gasteiger partial charge < -0.3 is 0 Å². The van der Waals surface area contributed by atoms with Gasteiger partial charge in [0.1, 0.15) is 5.01 Å². The topological polar surface area (TPSA) is 12.9 Å². The van der Waals surface area contributed by atoms with Gasteiger partial charge in [0.2, 0.25) is 0 Å². The number of hydrogen-bond acceptors (Lipinski definition) is 2. The van der Waals surface area contributed by atoms with E-state index in [-0.39, 0.29) is 0 Å². The van der Waals surface area contributed by atoms with E-state index in [9.17, 15) is 0 Å². The molecule has 3 aliphatic rings. The molecule has 0 amide bonds. The molecule has 0 aliphatic heterocycles. The molecule has 1 aromatic heterocycles. The minimum Gasteiger partial charge on any atom is -0.241 e. The third-order valence-electron chi connectivity index (χ3n) is 4.64. The Bertz CT molecular complexity index is 516. The molecule has 0 atom stereocenters.